The van der Waals surface area contributed by atoms with Crippen LogP contribution in [0.15, 0.2) is 24.3 Å². The van der Waals surface area contributed by atoms with Crippen LogP contribution in [0.2, 0.25) is 5.02 Å². The van der Waals surface area contributed by atoms with Gasteiger partial charge < -0.3 is 10.1 Å². The van der Waals surface area contributed by atoms with Gasteiger partial charge in [-0.25, -0.2) is 0 Å². The van der Waals surface area contributed by atoms with E-state index in [0.717, 1.165) is 5.56 Å². The molecule has 1 amide bonds. The van der Waals surface area contributed by atoms with Crippen molar-refractivity contribution < 1.29 is 14.3 Å². The van der Waals surface area contributed by atoms with Crippen LogP contribution >= 0.6 is 11.6 Å². The van der Waals surface area contributed by atoms with Crippen molar-refractivity contribution in [2.45, 2.75) is 46.1 Å². The van der Waals surface area contributed by atoms with Gasteiger partial charge in [-0.05, 0) is 36.5 Å². The lowest BCUT2D eigenvalue weighted by atomic mass is 9.88. The van der Waals surface area contributed by atoms with E-state index in [1.165, 1.54) is 0 Å². The molecule has 0 fully saturated rings. The molecule has 0 aromatic heterocycles. The highest BCUT2D eigenvalue weighted by molar-refractivity contribution is 6.30. The predicted octanol–water partition coefficient (Wildman–Crippen LogP) is 3.68. The number of halogens is 1. The van der Waals surface area contributed by atoms with Gasteiger partial charge >= 0.3 is 5.97 Å². The molecule has 0 saturated carbocycles. The van der Waals surface area contributed by atoms with Crippen molar-refractivity contribution in [2.75, 3.05) is 6.61 Å². The first-order valence-electron chi connectivity index (χ1n) is 8.25. The van der Waals surface area contributed by atoms with Gasteiger partial charge in [0.05, 0.1) is 12.0 Å². The normalized spacial score (nSPS) is 14.5. The van der Waals surface area contributed by atoms with E-state index in [9.17, 15) is 14.9 Å². The zero-order valence-electron chi connectivity index (χ0n) is 15.3. The van der Waals surface area contributed by atoms with Crippen molar-refractivity contribution in [1.29, 1.82) is 5.26 Å². The molecule has 0 heterocycles. The summed E-state index contributed by atoms with van der Waals surface area (Å²) in [5.74, 6) is -1.54. The monoisotopic (exact) mass is 364 g/mol. The number of hydrogen-bond donors (Lipinski definition) is 1. The molecule has 0 aliphatic carbocycles. The molecule has 0 aliphatic rings. The number of rotatable bonds is 7. The van der Waals surface area contributed by atoms with Crippen molar-refractivity contribution in [2.24, 2.45) is 11.8 Å². The molecule has 0 unspecified atom stereocenters. The highest BCUT2D eigenvalue weighted by Crippen LogP contribution is 2.27. The van der Waals surface area contributed by atoms with E-state index in [2.05, 4.69) is 11.4 Å². The van der Waals surface area contributed by atoms with Crippen LogP contribution in [0.1, 0.15) is 46.1 Å². The van der Waals surface area contributed by atoms with Crippen LogP contribution in [0, 0.1) is 23.2 Å². The van der Waals surface area contributed by atoms with Crippen LogP contribution in [-0.4, -0.2) is 24.0 Å². The number of nitrogens with zero attached hydrogens (tertiary/aromatic N) is 1. The van der Waals surface area contributed by atoms with Gasteiger partial charge in [0.2, 0.25) is 0 Å². The summed E-state index contributed by atoms with van der Waals surface area (Å²) >= 11 is 5.88. The smallest absolute Gasteiger partial charge is 0.314 e. The van der Waals surface area contributed by atoms with Gasteiger partial charge in [0.15, 0.2) is 6.61 Å². The number of ether oxygens (including phenoxy) is 1. The largest absolute Gasteiger partial charge is 0.455 e. The number of carbonyl (C=O) groups is 2. The maximum absolute atomic E-state index is 12.4. The molecule has 1 N–H and O–H groups in total. The average Bonchev–Trinajstić information content (AvgIpc) is 2.54. The summed E-state index contributed by atoms with van der Waals surface area (Å²) in [6, 6.07) is 9.07. The first-order chi connectivity index (χ1) is 11.6. The standard InChI is InChI=1S/C19H25ClN2O3/c1-12(2)17(14-6-8-15(20)9-7-14)18(24)25-10-16(23)22-19(5,11-21)13(3)4/h6-9,12-13,17H,10H2,1-5H3,(H,22,23)/t17-,19-/m0/s1. The molecule has 1 aromatic carbocycles. The van der Waals surface area contributed by atoms with E-state index in [4.69, 9.17) is 16.3 Å². The molecular weight excluding hydrogens is 340 g/mol. The van der Waals surface area contributed by atoms with E-state index in [-0.39, 0.29) is 11.8 Å². The number of nitrogens with one attached hydrogen (secondary N) is 1. The molecule has 6 heteroatoms. The van der Waals surface area contributed by atoms with Crippen molar-refractivity contribution in [3.8, 4) is 6.07 Å². The maximum atomic E-state index is 12.4. The van der Waals surface area contributed by atoms with E-state index in [0.29, 0.717) is 5.02 Å². The number of nitriles is 1. The van der Waals surface area contributed by atoms with Crippen LogP contribution in [0.5, 0.6) is 0 Å². The molecule has 1 aromatic rings. The van der Waals surface area contributed by atoms with Crippen molar-refractivity contribution in [3.63, 3.8) is 0 Å². The highest BCUT2D eigenvalue weighted by atomic mass is 35.5. The van der Waals surface area contributed by atoms with Gasteiger partial charge in [0, 0.05) is 5.02 Å². The molecule has 25 heavy (non-hydrogen) atoms. The summed E-state index contributed by atoms with van der Waals surface area (Å²) in [5, 5.41) is 12.4. The predicted molar refractivity (Wildman–Crippen MR) is 97.0 cm³/mol. The summed E-state index contributed by atoms with van der Waals surface area (Å²) in [5.41, 5.74) is -0.217. The summed E-state index contributed by atoms with van der Waals surface area (Å²) in [6.45, 7) is 8.72. The second kappa shape index (κ2) is 8.87. The van der Waals surface area contributed by atoms with Crippen molar-refractivity contribution in [3.05, 3.63) is 34.9 Å². The zero-order valence-corrected chi connectivity index (χ0v) is 16.1. The van der Waals surface area contributed by atoms with Crippen LogP contribution < -0.4 is 5.32 Å². The van der Waals surface area contributed by atoms with Crippen LogP contribution in [0.4, 0.5) is 0 Å². The Kier molecular flexibility index (Phi) is 7.44. The molecular formula is C19H25ClN2O3. The second-order valence-electron chi connectivity index (χ2n) is 6.90. The van der Waals surface area contributed by atoms with E-state index in [1.54, 1.807) is 31.2 Å². The Labute approximate surface area is 154 Å². The van der Waals surface area contributed by atoms with Crippen molar-refractivity contribution >= 4 is 23.5 Å². The zero-order chi connectivity index (χ0) is 19.2. The first kappa shape index (κ1) is 21.0. The van der Waals surface area contributed by atoms with Crippen molar-refractivity contribution in [1.82, 2.24) is 5.32 Å². The second-order valence-corrected chi connectivity index (χ2v) is 7.33. The fourth-order valence-electron chi connectivity index (χ4n) is 2.32. The fourth-order valence-corrected chi connectivity index (χ4v) is 2.44. The van der Waals surface area contributed by atoms with Gasteiger partial charge in [0.25, 0.3) is 5.91 Å². The van der Waals surface area contributed by atoms with Crippen LogP contribution in [0.3, 0.4) is 0 Å². The molecule has 5 nitrogen and oxygen atoms in total. The minimum Gasteiger partial charge on any atom is -0.455 e. The third-order valence-electron chi connectivity index (χ3n) is 4.28. The van der Waals surface area contributed by atoms with Gasteiger partial charge in [0.1, 0.15) is 5.54 Å². The molecule has 0 bridgehead atoms. The summed E-state index contributed by atoms with van der Waals surface area (Å²) in [7, 11) is 0. The minimum absolute atomic E-state index is 0.00299. The Morgan fingerprint density at radius 1 is 1.24 bits per heavy atom. The number of amides is 1. The Bertz CT molecular complexity index is 650. The molecule has 0 aliphatic heterocycles. The van der Waals surface area contributed by atoms with Gasteiger partial charge in [-0.3, -0.25) is 9.59 Å². The van der Waals surface area contributed by atoms with E-state index in [1.807, 2.05) is 27.7 Å². The van der Waals surface area contributed by atoms with Gasteiger partial charge in [-0.15, -0.1) is 0 Å². The Hall–Kier alpha value is -2.06. The number of benzene rings is 1. The maximum Gasteiger partial charge on any atom is 0.314 e. The van der Waals surface area contributed by atoms with Crippen LogP contribution in [-0.2, 0) is 14.3 Å². The quantitative estimate of drug-likeness (QED) is 0.748. The Morgan fingerprint density at radius 2 is 1.80 bits per heavy atom. The molecule has 2 atom stereocenters. The Morgan fingerprint density at radius 3 is 2.24 bits per heavy atom. The number of esters is 1. The lowest BCUT2D eigenvalue weighted by Crippen LogP contribution is -2.50. The third-order valence-corrected chi connectivity index (χ3v) is 4.53. The number of carbonyl (C=O) groups excluding carboxylic acids is 2. The Balaban J connectivity index is 2.74. The molecule has 0 saturated heterocycles. The fraction of sp³-hybridized carbons (Fsp3) is 0.526. The average molecular weight is 365 g/mol. The minimum atomic E-state index is -1.00. The molecule has 0 spiro atoms. The first-order valence-corrected chi connectivity index (χ1v) is 8.63. The topological polar surface area (TPSA) is 79.2 Å². The number of hydrogen-bond acceptors (Lipinski definition) is 4. The van der Waals surface area contributed by atoms with Gasteiger partial charge in [-0.2, -0.15) is 5.26 Å². The molecule has 136 valence electrons. The molecule has 0 radical (unpaired) electrons. The summed E-state index contributed by atoms with van der Waals surface area (Å²) in [4.78, 5) is 24.5. The van der Waals surface area contributed by atoms with E-state index >= 15 is 0 Å². The summed E-state index contributed by atoms with van der Waals surface area (Å²) in [6.07, 6.45) is 0. The third kappa shape index (κ3) is 5.75. The summed E-state index contributed by atoms with van der Waals surface area (Å²) < 4.78 is 5.19. The van der Waals surface area contributed by atoms with Gasteiger partial charge in [-0.1, -0.05) is 51.4 Å². The van der Waals surface area contributed by atoms with E-state index < -0.39 is 29.9 Å². The van der Waals surface area contributed by atoms with Crippen LogP contribution in [0.25, 0.3) is 0 Å². The highest BCUT2D eigenvalue weighted by Gasteiger charge is 2.31. The SMILES string of the molecule is CC(C)[C@H](C(=O)OCC(=O)N[C@@](C)(C#N)C(C)C)c1ccc(Cl)cc1. The molecule has 1 rings (SSSR count). The lowest BCUT2D eigenvalue weighted by Gasteiger charge is -2.27. The lowest BCUT2D eigenvalue weighted by molar-refractivity contribution is -0.151.